The highest BCUT2D eigenvalue weighted by molar-refractivity contribution is 5.96. The first-order valence-electron chi connectivity index (χ1n) is 9.96. The van der Waals surface area contributed by atoms with Gasteiger partial charge < -0.3 is 11.1 Å². The average Bonchev–Trinajstić information content (AvgIpc) is 2.69. The fraction of sp³-hybridized carbons (Fsp3) is 0.435. The number of aryl methyl sites for hydroxylation is 1. The van der Waals surface area contributed by atoms with E-state index in [0.717, 1.165) is 12.1 Å². The van der Waals surface area contributed by atoms with Crippen LogP contribution < -0.4 is 11.1 Å². The summed E-state index contributed by atoms with van der Waals surface area (Å²) in [5, 5.41) is 3.06. The number of nitrogens with one attached hydrogen (secondary N) is 1. The SMILES string of the molecule is Cc1ccc(N)cc1C(=O)NCc1ccccc1CN(C)C1CCCCC1.Cl.Cl. The number of carbonyl (C=O) groups is 1. The molecule has 0 unspecified atom stereocenters. The minimum absolute atomic E-state index is 0. The monoisotopic (exact) mass is 437 g/mol. The molecule has 4 nitrogen and oxygen atoms in total. The van der Waals surface area contributed by atoms with Crippen LogP contribution in [0.4, 0.5) is 5.69 Å². The van der Waals surface area contributed by atoms with Crippen molar-refractivity contribution in [3.63, 3.8) is 0 Å². The largest absolute Gasteiger partial charge is 0.399 e. The van der Waals surface area contributed by atoms with Crippen LogP contribution in [0.25, 0.3) is 0 Å². The third-order valence-electron chi connectivity index (χ3n) is 5.68. The van der Waals surface area contributed by atoms with Crippen molar-refractivity contribution in [3.8, 4) is 0 Å². The fourth-order valence-electron chi connectivity index (χ4n) is 3.96. The van der Waals surface area contributed by atoms with E-state index in [1.54, 1.807) is 6.07 Å². The zero-order valence-corrected chi connectivity index (χ0v) is 19.0. The maximum absolute atomic E-state index is 12.6. The lowest BCUT2D eigenvalue weighted by atomic mass is 9.94. The summed E-state index contributed by atoms with van der Waals surface area (Å²) in [4.78, 5) is 15.1. The van der Waals surface area contributed by atoms with Crippen LogP contribution in [0.1, 0.15) is 59.2 Å². The molecule has 29 heavy (non-hydrogen) atoms. The summed E-state index contributed by atoms with van der Waals surface area (Å²) in [5.74, 6) is -0.0739. The number of nitrogens with two attached hydrogens (primary N) is 1. The lowest BCUT2D eigenvalue weighted by molar-refractivity contribution is 0.0950. The molecule has 0 spiro atoms. The van der Waals surface area contributed by atoms with Crippen molar-refractivity contribution in [1.29, 1.82) is 0 Å². The summed E-state index contributed by atoms with van der Waals surface area (Å²) in [5.41, 5.74) is 10.5. The van der Waals surface area contributed by atoms with Crippen molar-refractivity contribution < 1.29 is 4.79 Å². The van der Waals surface area contributed by atoms with Crippen molar-refractivity contribution >= 4 is 36.4 Å². The zero-order valence-electron chi connectivity index (χ0n) is 17.3. The van der Waals surface area contributed by atoms with E-state index in [9.17, 15) is 4.79 Å². The molecule has 0 heterocycles. The van der Waals surface area contributed by atoms with E-state index >= 15 is 0 Å². The first-order valence-corrected chi connectivity index (χ1v) is 9.96. The number of rotatable bonds is 6. The van der Waals surface area contributed by atoms with E-state index < -0.39 is 0 Å². The second-order valence-corrected chi connectivity index (χ2v) is 7.73. The number of carbonyl (C=O) groups excluding carboxylic acids is 1. The van der Waals surface area contributed by atoms with E-state index in [0.29, 0.717) is 23.8 Å². The first-order chi connectivity index (χ1) is 13.0. The first kappa shape index (κ1) is 25.3. The molecular weight excluding hydrogens is 405 g/mol. The van der Waals surface area contributed by atoms with E-state index in [2.05, 4.69) is 35.5 Å². The van der Waals surface area contributed by atoms with Crippen molar-refractivity contribution in [3.05, 3.63) is 64.7 Å². The normalized spacial score (nSPS) is 14.0. The number of amides is 1. The third kappa shape index (κ3) is 6.91. The minimum atomic E-state index is -0.0739. The number of halogens is 2. The van der Waals surface area contributed by atoms with Gasteiger partial charge in [0.25, 0.3) is 5.91 Å². The van der Waals surface area contributed by atoms with Crippen molar-refractivity contribution in [2.24, 2.45) is 0 Å². The quantitative estimate of drug-likeness (QED) is 0.616. The molecule has 2 aromatic carbocycles. The fourth-order valence-corrected chi connectivity index (χ4v) is 3.96. The molecule has 1 amide bonds. The Morgan fingerprint density at radius 1 is 1.07 bits per heavy atom. The Kier molecular flexibility index (Phi) is 10.5. The molecule has 1 aliphatic rings. The highest BCUT2D eigenvalue weighted by Gasteiger charge is 2.19. The molecule has 2 aromatic rings. The van der Waals surface area contributed by atoms with Crippen LogP contribution in [-0.4, -0.2) is 23.9 Å². The van der Waals surface area contributed by atoms with Gasteiger partial charge in [0.2, 0.25) is 0 Å². The summed E-state index contributed by atoms with van der Waals surface area (Å²) in [6.07, 6.45) is 6.64. The zero-order chi connectivity index (χ0) is 19.2. The Labute approximate surface area is 187 Å². The Morgan fingerprint density at radius 2 is 1.72 bits per heavy atom. The second-order valence-electron chi connectivity index (χ2n) is 7.73. The van der Waals surface area contributed by atoms with Gasteiger partial charge in [-0.1, -0.05) is 49.6 Å². The molecular formula is C23H33Cl2N3O. The number of nitrogens with zero attached hydrogens (tertiary/aromatic N) is 1. The summed E-state index contributed by atoms with van der Waals surface area (Å²) in [7, 11) is 2.22. The molecule has 6 heteroatoms. The molecule has 0 aliphatic heterocycles. The molecule has 0 radical (unpaired) electrons. The molecule has 3 rings (SSSR count). The van der Waals surface area contributed by atoms with Gasteiger partial charge in [0.1, 0.15) is 0 Å². The van der Waals surface area contributed by atoms with Gasteiger partial charge in [-0.15, -0.1) is 24.8 Å². The van der Waals surface area contributed by atoms with Gasteiger partial charge in [-0.05, 0) is 55.6 Å². The highest BCUT2D eigenvalue weighted by atomic mass is 35.5. The summed E-state index contributed by atoms with van der Waals surface area (Å²) >= 11 is 0. The third-order valence-corrected chi connectivity index (χ3v) is 5.68. The van der Waals surface area contributed by atoms with Crippen LogP contribution in [-0.2, 0) is 13.1 Å². The van der Waals surface area contributed by atoms with Crippen LogP contribution in [0.2, 0.25) is 0 Å². The molecule has 0 atom stereocenters. The van der Waals surface area contributed by atoms with Crippen LogP contribution in [0.3, 0.4) is 0 Å². The molecule has 1 aliphatic carbocycles. The molecule has 3 N–H and O–H groups in total. The van der Waals surface area contributed by atoms with Crippen LogP contribution >= 0.6 is 24.8 Å². The topological polar surface area (TPSA) is 58.4 Å². The maximum atomic E-state index is 12.6. The minimum Gasteiger partial charge on any atom is -0.399 e. The number of anilines is 1. The highest BCUT2D eigenvalue weighted by Crippen LogP contribution is 2.23. The Balaban J connectivity index is 0.00000210. The standard InChI is InChI=1S/C23H31N3O.2ClH/c1-17-12-13-20(24)14-22(17)23(27)25-15-18-8-6-7-9-19(18)16-26(2)21-10-4-3-5-11-21;;/h6-9,12-14,21H,3-5,10-11,15-16,24H2,1-2H3,(H,25,27);2*1H. The Morgan fingerprint density at radius 3 is 2.41 bits per heavy atom. The van der Waals surface area contributed by atoms with Crippen molar-refractivity contribution in [1.82, 2.24) is 10.2 Å². The second kappa shape index (κ2) is 12.1. The number of hydrogen-bond acceptors (Lipinski definition) is 3. The predicted molar refractivity (Wildman–Crippen MR) is 126 cm³/mol. The van der Waals surface area contributed by atoms with E-state index in [1.807, 2.05) is 25.1 Å². The molecule has 0 bridgehead atoms. The van der Waals surface area contributed by atoms with Gasteiger partial charge in [0, 0.05) is 30.4 Å². The summed E-state index contributed by atoms with van der Waals surface area (Å²) < 4.78 is 0. The van der Waals surface area contributed by atoms with Gasteiger partial charge in [-0.25, -0.2) is 0 Å². The van der Waals surface area contributed by atoms with Gasteiger partial charge >= 0.3 is 0 Å². The molecule has 1 saturated carbocycles. The molecule has 1 fully saturated rings. The summed E-state index contributed by atoms with van der Waals surface area (Å²) in [6, 6.07) is 14.5. The van der Waals surface area contributed by atoms with Crippen LogP contribution in [0, 0.1) is 6.92 Å². The smallest absolute Gasteiger partial charge is 0.251 e. The maximum Gasteiger partial charge on any atom is 0.251 e. The lowest BCUT2D eigenvalue weighted by Crippen LogP contribution is -2.33. The van der Waals surface area contributed by atoms with Gasteiger partial charge in [0.15, 0.2) is 0 Å². The lowest BCUT2D eigenvalue weighted by Gasteiger charge is -2.31. The average molecular weight is 438 g/mol. The van der Waals surface area contributed by atoms with Gasteiger partial charge in [0.05, 0.1) is 0 Å². The van der Waals surface area contributed by atoms with Crippen molar-refractivity contribution in [2.45, 2.75) is 58.2 Å². The molecule has 0 saturated heterocycles. The Bertz CT molecular complexity index is 791. The molecule has 160 valence electrons. The van der Waals surface area contributed by atoms with Gasteiger partial charge in [-0.3, -0.25) is 9.69 Å². The Hall–Kier alpha value is -1.75. The van der Waals surface area contributed by atoms with Crippen molar-refractivity contribution in [2.75, 3.05) is 12.8 Å². The predicted octanol–water partition coefficient (Wildman–Crippen LogP) is 5.12. The summed E-state index contributed by atoms with van der Waals surface area (Å²) in [6.45, 7) is 3.39. The van der Waals surface area contributed by atoms with Gasteiger partial charge in [-0.2, -0.15) is 0 Å². The van der Waals surface area contributed by atoms with E-state index in [1.165, 1.54) is 43.2 Å². The van der Waals surface area contributed by atoms with Crippen LogP contribution in [0.15, 0.2) is 42.5 Å². The molecule has 0 aromatic heterocycles. The number of hydrogen-bond donors (Lipinski definition) is 2. The van der Waals surface area contributed by atoms with E-state index in [4.69, 9.17) is 5.73 Å². The van der Waals surface area contributed by atoms with Crippen LogP contribution in [0.5, 0.6) is 0 Å². The van der Waals surface area contributed by atoms with E-state index in [-0.39, 0.29) is 30.7 Å². The number of nitrogen functional groups attached to an aromatic ring is 1. The number of benzene rings is 2.